The predicted octanol–water partition coefficient (Wildman–Crippen LogP) is 6.13. The first kappa shape index (κ1) is 23.5. The van der Waals surface area contributed by atoms with Gasteiger partial charge in [0.1, 0.15) is 12.4 Å². The molecule has 0 aromatic heterocycles. The van der Waals surface area contributed by atoms with E-state index in [0.717, 1.165) is 34.3 Å². The Bertz CT molecular complexity index is 1270. The first-order chi connectivity index (χ1) is 17.1. The van der Waals surface area contributed by atoms with E-state index in [1.807, 2.05) is 66.7 Å². The number of amides is 1. The molecular formula is C28H24ClN3O2S. The van der Waals surface area contributed by atoms with Crippen molar-refractivity contribution < 1.29 is 9.53 Å². The molecule has 0 bridgehead atoms. The van der Waals surface area contributed by atoms with E-state index >= 15 is 0 Å². The summed E-state index contributed by atoms with van der Waals surface area (Å²) in [6.07, 6.45) is 0.289. The highest BCUT2D eigenvalue weighted by molar-refractivity contribution is 8.03. The molecule has 176 valence electrons. The molecule has 1 atom stereocenters. The molecule has 2 aliphatic rings. The molecule has 3 aromatic rings. The Labute approximate surface area is 214 Å². The number of nitriles is 1. The molecule has 1 amide bonds. The summed E-state index contributed by atoms with van der Waals surface area (Å²) in [5.41, 5.74) is 3.86. The van der Waals surface area contributed by atoms with E-state index in [1.165, 1.54) is 5.56 Å². The van der Waals surface area contributed by atoms with Crippen LogP contribution < -0.4 is 4.74 Å². The quantitative estimate of drug-likeness (QED) is 0.406. The standard InChI is InChI=1S/C28H24ClN3O2S/c29-23-10-6-21(7-11-23)17-34-24-12-8-22(9-13-24)25-14-27(33)32-18-31(16-20-4-2-1-3-5-20)19-35-28(32)26(25)15-30/h1-13,25H,14,16-19H2/t25-/m1/s1. The second-order valence-electron chi connectivity index (χ2n) is 8.62. The molecule has 0 saturated carbocycles. The minimum Gasteiger partial charge on any atom is -0.489 e. The normalized spacial score (nSPS) is 18.2. The molecule has 0 aliphatic carbocycles. The Balaban J connectivity index is 1.28. The molecule has 1 saturated heterocycles. The van der Waals surface area contributed by atoms with Crippen molar-refractivity contribution in [3.05, 3.63) is 111 Å². The molecule has 3 aromatic carbocycles. The first-order valence-corrected chi connectivity index (χ1v) is 12.8. The number of fused-ring (bicyclic) bond motifs is 1. The van der Waals surface area contributed by atoms with Crippen LogP contribution in [0.1, 0.15) is 29.0 Å². The van der Waals surface area contributed by atoms with Crippen molar-refractivity contribution in [1.29, 1.82) is 5.26 Å². The maximum absolute atomic E-state index is 13.1. The highest BCUT2D eigenvalue weighted by Crippen LogP contribution is 2.42. The highest BCUT2D eigenvalue weighted by Gasteiger charge is 2.38. The van der Waals surface area contributed by atoms with Crippen LogP contribution in [-0.4, -0.2) is 28.3 Å². The minimum absolute atomic E-state index is 0.0531. The van der Waals surface area contributed by atoms with E-state index in [0.29, 0.717) is 23.9 Å². The van der Waals surface area contributed by atoms with Gasteiger partial charge in [-0.15, -0.1) is 0 Å². The summed E-state index contributed by atoms with van der Waals surface area (Å²) in [5, 5.41) is 11.5. The number of halogens is 1. The van der Waals surface area contributed by atoms with Crippen LogP contribution in [0.25, 0.3) is 0 Å². The molecule has 7 heteroatoms. The van der Waals surface area contributed by atoms with Crippen molar-refractivity contribution in [1.82, 2.24) is 9.80 Å². The largest absolute Gasteiger partial charge is 0.489 e. The number of hydrogen-bond donors (Lipinski definition) is 0. The van der Waals surface area contributed by atoms with Crippen LogP contribution in [0, 0.1) is 11.3 Å². The zero-order valence-corrected chi connectivity index (χ0v) is 20.6. The Kier molecular flexibility index (Phi) is 7.10. The maximum atomic E-state index is 13.1. The van der Waals surface area contributed by atoms with Gasteiger partial charge in [0.25, 0.3) is 0 Å². The SMILES string of the molecule is N#CC1=C2SCN(Cc3ccccc3)CN2C(=O)C[C@@H]1c1ccc(OCc2ccc(Cl)cc2)cc1. The molecule has 0 unspecified atom stereocenters. The Morgan fingerprint density at radius 2 is 1.74 bits per heavy atom. The second kappa shape index (κ2) is 10.6. The second-order valence-corrected chi connectivity index (χ2v) is 9.99. The number of carbonyl (C=O) groups excluding carboxylic acids is 1. The molecule has 5 rings (SSSR count). The van der Waals surface area contributed by atoms with E-state index in [2.05, 4.69) is 23.1 Å². The first-order valence-electron chi connectivity index (χ1n) is 11.4. The Morgan fingerprint density at radius 1 is 1.00 bits per heavy atom. The number of thioether (sulfide) groups is 1. The number of hydrogen-bond acceptors (Lipinski definition) is 5. The average molecular weight is 502 g/mol. The fourth-order valence-corrected chi connectivity index (χ4v) is 5.64. The smallest absolute Gasteiger partial charge is 0.229 e. The van der Waals surface area contributed by atoms with Gasteiger partial charge < -0.3 is 4.74 Å². The topological polar surface area (TPSA) is 56.6 Å². The van der Waals surface area contributed by atoms with Gasteiger partial charge in [-0.3, -0.25) is 14.6 Å². The van der Waals surface area contributed by atoms with Gasteiger partial charge in [0.15, 0.2) is 0 Å². The third-order valence-corrected chi connectivity index (χ3v) is 7.66. The molecule has 1 fully saturated rings. The molecule has 35 heavy (non-hydrogen) atoms. The van der Waals surface area contributed by atoms with Gasteiger partial charge in [0.05, 0.1) is 29.2 Å². The van der Waals surface area contributed by atoms with Crippen molar-refractivity contribution in [2.45, 2.75) is 25.5 Å². The molecule has 0 spiro atoms. The van der Waals surface area contributed by atoms with Gasteiger partial charge in [0.2, 0.25) is 5.91 Å². The lowest BCUT2D eigenvalue weighted by Gasteiger charge is -2.41. The van der Waals surface area contributed by atoms with Crippen LogP contribution in [0.2, 0.25) is 5.02 Å². The van der Waals surface area contributed by atoms with E-state index in [4.69, 9.17) is 16.3 Å². The number of ether oxygens (including phenoxy) is 1. The zero-order valence-electron chi connectivity index (χ0n) is 19.1. The fraction of sp³-hybridized carbons (Fsp3) is 0.214. The van der Waals surface area contributed by atoms with Gasteiger partial charge in [-0.2, -0.15) is 5.26 Å². The van der Waals surface area contributed by atoms with E-state index in [1.54, 1.807) is 16.7 Å². The number of allylic oxidation sites excluding steroid dienone is 1. The highest BCUT2D eigenvalue weighted by atomic mass is 35.5. The number of rotatable bonds is 6. The van der Waals surface area contributed by atoms with Crippen molar-refractivity contribution in [3.8, 4) is 11.8 Å². The van der Waals surface area contributed by atoms with Crippen LogP contribution in [-0.2, 0) is 17.9 Å². The fourth-order valence-electron chi connectivity index (χ4n) is 4.38. The van der Waals surface area contributed by atoms with Gasteiger partial charge in [-0.05, 0) is 41.0 Å². The van der Waals surface area contributed by atoms with Crippen LogP contribution in [0.3, 0.4) is 0 Å². The van der Waals surface area contributed by atoms with E-state index < -0.39 is 0 Å². The van der Waals surface area contributed by atoms with Crippen molar-refractivity contribution in [2.24, 2.45) is 0 Å². The lowest BCUT2D eigenvalue weighted by molar-refractivity contribution is -0.131. The van der Waals surface area contributed by atoms with Crippen molar-refractivity contribution in [2.75, 3.05) is 12.5 Å². The van der Waals surface area contributed by atoms with Crippen molar-refractivity contribution >= 4 is 29.3 Å². The lowest BCUT2D eigenvalue weighted by atomic mass is 9.86. The van der Waals surface area contributed by atoms with Crippen LogP contribution in [0.4, 0.5) is 0 Å². The number of carbonyl (C=O) groups is 1. The Morgan fingerprint density at radius 3 is 2.46 bits per heavy atom. The van der Waals surface area contributed by atoms with Crippen LogP contribution in [0.5, 0.6) is 5.75 Å². The van der Waals surface area contributed by atoms with Crippen LogP contribution >= 0.6 is 23.4 Å². The molecular weight excluding hydrogens is 478 g/mol. The molecule has 0 N–H and O–H groups in total. The minimum atomic E-state index is -0.239. The van der Waals surface area contributed by atoms with Gasteiger partial charge in [-0.25, -0.2) is 0 Å². The van der Waals surface area contributed by atoms with Crippen LogP contribution in [0.15, 0.2) is 89.5 Å². The summed E-state index contributed by atoms with van der Waals surface area (Å²) in [6, 6.07) is 27.9. The summed E-state index contributed by atoms with van der Waals surface area (Å²) >= 11 is 7.51. The maximum Gasteiger partial charge on any atom is 0.229 e. The average Bonchev–Trinajstić information content (AvgIpc) is 2.89. The summed E-state index contributed by atoms with van der Waals surface area (Å²) in [6.45, 7) is 1.72. The predicted molar refractivity (Wildman–Crippen MR) is 138 cm³/mol. The summed E-state index contributed by atoms with van der Waals surface area (Å²) in [5.74, 6) is 1.29. The molecule has 2 aliphatic heterocycles. The van der Waals surface area contributed by atoms with Crippen molar-refractivity contribution in [3.63, 3.8) is 0 Å². The summed E-state index contributed by atoms with van der Waals surface area (Å²) in [4.78, 5) is 17.1. The van der Waals surface area contributed by atoms with Gasteiger partial charge in [-0.1, -0.05) is 78.0 Å². The monoisotopic (exact) mass is 501 g/mol. The van der Waals surface area contributed by atoms with Gasteiger partial charge in [0, 0.05) is 23.9 Å². The molecule has 5 nitrogen and oxygen atoms in total. The summed E-state index contributed by atoms with van der Waals surface area (Å²) < 4.78 is 5.89. The zero-order chi connectivity index (χ0) is 24.2. The van der Waals surface area contributed by atoms with E-state index in [-0.39, 0.29) is 18.2 Å². The molecule has 0 radical (unpaired) electrons. The lowest BCUT2D eigenvalue weighted by Crippen LogP contribution is -2.46. The number of benzene rings is 3. The number of nitrogens with zero attached hydrogens (tertiary/aromatic N) is 3. The van der Waals surface area contributed by atoms with E-state index in [9.17, 15) is 10.1 Å². The Hall–Kier alpha value is -3.24. The third-order valence-electron chi connectivity index (χ3n) is 6.20. The summed E-state index contributed by atoms with van der Waals surface area (Å²) in [7, 11) is 0. The molecule has 2 heterocycles. The van der Waals surface area contributed by atoms with Gasteiger partial charge >= 0.3 is 0 Å². The third kappa shape index (κ3) is 5.38.